The van der Waals surface area contributed by atoms with Crippen molar-refractivity contribution in [2.24, 2.45) is 5.73 Å². The maximum Gasteiger partial charge on any atom is 0.293 e. The quantitative estimate of drug-likeness (QED) is 0.710. The summed E-state index contributed by atoms with van der Waals surface area (Å²) in [7, 11) is 0. The van der Waals surface area contributed by atoms with Crippen LogP contribution < -0.4 is 5.73 Å². The van der Waals surface area contributed by atoms with E-state index in [0.29, 0.717) is 10.6 Å². The maximum absolute atomic E-state index is 10.3. The highest BCUT2D eigenvalue weighted by atomic mass is 79.9. The van der Waals surface area contributed by atoms with Crippen molar-refractivity contribution in [1.82, 2.24) is 0 Å². The van der Waals surface area contributed by atoms with Crippen molar-refractivity contribution < 1.29 is 4.79 Å². The zero-order chi connectivity index (χ0) is 9.84. The molecule has 1 rings (SSSR count). The normalized spacial score (nSPS) is 8.77. The molecular formula is C9H5BrClNO. The first-order valence-electron chi connectivity index (χ1n) is 3.36. The summed E-state index contributed by atoms with van der Waals surface area (Å²) in [5.74, 6) is 4.15. The fourth-order valence-electron chi connectivity index (χ4n) is 0.708. The fourth-order valence-corrected chi connectivity index (χ4v) is 1.13. The van der Waals surface area contributed by atoms with E-state index >= 15 is 0 Å². The van der Waals surface area contributed by atoms with E-state index in [1.54, 1.807) is 18.2 Å². The molecule has 13 heavy (non-hydrogen) atoms. The highest BCUT2D eigenvalue weighted by Crippen LogP contribution is 2.22. The van der Waals surface area contributed by atoms with E-state index in [-0.39, 0.29) is 0 Å². The summed E-state index contributed by atoms with van der Waals surface area (Å²) >= 11 is 9.04. The first kappa shape index (κ1) is 10.1. The second kappa shape index (κ2) is 4.31. The molecule has 1 aromatic rings. The van der Waals surface area contributed by atoms with Crippen LogP contribution in [-0.2, 0) is 4.79 Å². The average molecular weight is 259 g/mol. The molecule has 4 heteroatoms. The molecule has 0 fully saturated rings. The lowest BCUT2D eigenvalue weighted by Crippen LogP contribution is -2.06. The molecule has 0 bridgehead atoms. The van der Waals surface area contributed by atoms with E-state index in [4.69, 9.17) is 17.3 Å². The Bertz CT molecular complexity index is 406. The van der Waals surface area contributed by atoms with Gasteiger partial charge in [-0.05, 0) is 40.0 Å². The monoisotopic (exact) mass is 257 g/mol. The highest BCUT2D eigenvalue weighted by Gasteiger charge is 1.96. The van der Waals surface area contributed by atoms with E-state index < -0.39 is 5.91 Å². The number of benzene rings is 1. The van der Waals surface area contributed by atoms with Gasteiger partial charge in [0.15, 0.2) is 0 Å². The van der Waals surface area contributed by atoms with Gasteiger partial charge in [-0.3, -0.25) is 4.79 Å². The van der Waals surface area contributed by atoms with Crippen LogP contribution in [0.4, 0.5) is 0 Å². The minimum atomic E-state index is -0.654. The van der Waals surface area contributed by atoms with E-state index in [2.05, 4.69) is 27.8 Å². The van der Waals surface area contributed by atoms with E-state index in [1.165, 1.54) is 0 Å². The molecule has 0 spiro atoms. The molecule has 0 saturated heterocycles. The summed E-state index contributed by atoms with van der Waals surface area (Å²) in [6.45, 7) is 0. The van der Waals surface area contributed by atoms with Crippen LogP contribution in [0.15, 0.2) is 22.7 Å². The standard InChI is InChI=1S/C9H5BrClNO/c10-7-3-1-6(5-8(7)11)2-4-9(12)13/h1,3,5H,(H2,12,13). The Kier molecular flexibility index (Phi) is 3.35. The minimum absolute atomic E-state index is 0.552. The van der Waals surface area contributed by atoms with Crippen LogP contribution >= 0.6 is 27.5 Å². The number of carbonyl (C=O) groups is 1. The molecule has 1 amide bonds. The molecule has 0 aliphatic rings. The molecule has 0 aliphatic heterocycles. The fraction of sp³-hybridized carbons (Fsp3) is 0. The smallest absolute Gasteiger partial charge is 0.293 e. The van der Waals surface area contributed by atoms with Gasteiger partial charge in [-0.1, -0.05) is 17.5 Å². The Balaban J connectivity index is 3.00. The molecule has 0 unspecified atom stereocenters. The van der Waals surface area contributed by atoms with Crippen LogP contribution in [0, 0.1) is 11.8 Å². The lowest BCUT2D eigenvalue weighted by atomic mass is 10.2. The minimum Gasteiger partial charge on any atom is -0.359 e. The third-order valence-corrected chi connectivity index (χ3v) is 2.48. The van der Waals surface area contributed by atoms with Gasteiger partial charge in [0.25, 0.3) is 5.91 Å². The van der Waals surface area contributed by atoms with Crippen LogP contribution in [0.3, 0.4) is 0 Å². The highest BCUT2D eigenvalue weighted by molar-refractivity contribution is 9.10. The summed E-state index contributed by atoms with van der Waals surface area (Å²) < 4.78 is 0.791. The summed E-state index contributed by atoms with van der Waals surface area (Å²) in [6, 6.07) is 5.15. The van der Waals surface area contributed by atoms with Crippen molar-refractivity contribution in [3.05, 3.63) is 33.3 Å². The van der Waals surface area contributed by atoms with Crippen molar-refractivity contribution in [2.45, 2.75) is 0 Å². The number of halogens is 2. The third-order valence-electron chi connectivity index (χ3n) is 1.25. The summed E-state index contributed by atoms with van der Waals surface area (Å²) in [5.41, 5.74) is 5.51. The van der Waals surface area contributed by atoms with Crippen molar-refractivity contribution in [3.63, 3.8) is 0 Å². The first-order chi connectivity index (χ1) is 6.09. The molecule has 0 aromatic heterocycles. The van der Waals surface area contributed by atoms with Crippen molar-refractivity contribution >= 4 is 33.4 Å². The van der Waals surface area contributed by atoms with Crippen molar-refractivity contribution in [3.8, 4) is 11.8 Å². The Hall–Kier alpha value is -0.980. The Morgan fingerprint density at radius 1 is 1.54 bits per heavy atom. The van der Waals surface area contributed by atoms with Crippen molar-refractivity contribution in [2.75, 3.05) is 0 Å². The average Bonchev–Trinajstić information content (AvgIpc) is 2.07. The van der Waals surface area contributed by atoms with Crippen LogP contribution in [0.1, 0.15) is 5.56 Å². The number of hydrogen-bond acceptors (Lipinski definition) is 1. The van der Waals surface area contributed by atoms with Gasteiger partial charge in [-0.2, -0.15) is 0 Å². The van der Waals surface area contributed by atoms with Crippen LogP contribution in [-0.4, -0.2) is 5.91 Å². The lowest BCUT2D eigenvalue weighted by molar-refractivity contribution is -0.112. The molecule has 0 aliphatic carbocycles. The topological polar surface area (TPSA) is 43.1 Å². The molecular weight excluding hydrogens is 253 g/mol. The molecule has 2 N–H and O–H groups in total. The summed E-state index contributed by atoms with van der Waals surface area (Å²) in [6.07, 6.45) is 0. The van der Waals surface area contributed by atoms with Gasteiger partial charge in [0.05, 0.1) is 5.02 Å². The summed E-state index contributed by atoms with van der Waals surface area (Å²) in [5, 5.41) is 0.552. The third kappa shape index (κ3) is 3.10. The van der Waals surface area contributed by atoms with Crippen LogP contribution in [0.5, 0.6) is 0 Å². The number of rotatable bonds is 0. The van der Waals surface area contributed by atoms with E-state index in [0.717, 1.165) is 4.47 Å². The first-order valence-corrected chi connectivity index (χ1v) is 4.53. The molecule has 2 nitrogen and oxygen atoms in total. The molecule has 0 atom stereocenters. The number of amides is 1. The van der Waals surface area contributed by atoms with Gasteiger partial charge in [-0.15, -0.1) is 0 Å². The predicted octanol–water partition coefficient (Wildman–Crippen LogP) is 1.94. The van der Waals surface area contributed by atoms with Crippen molar-refractivity contribution in [1.29, 1.82) is 0 Å². The van der Waals surface area contributed by atoms with Gasteiger partial charge < -0.3 is 5.73 Å². The predicted molar refractivity (Wildman–Crippen MR) is 55.2 cm³/mol. The zero-order valence-electron chi connectivity index (χ0n) is 6.47. The Morgan fingerprint density at radius 3 is 2.77 bits per heavy atom. The van der Waals surface area contributed by atoms with Gasteiger partial charge in [0.1, 0.15) is 0 Å². The van der Waals surface area contributed by atoms with Gasteiger partial charge in [0, 0.05) is 10.0 Å². The Morgan fingerprint density at radius 2 is 2.23 bits per heavy atom. The van der Waals surface area contributed by atoms with Crippen LogP contribution in [0.25, 0.3) is 0 Å². The number of nitrogens with two attached hydrogens (primary N) is 1. The molecule has 0 saturated carbocycles. The molecule has 0 heterocycles. The van der Waals surface area contributed by atoms with Gasteiger partial charge in [0.2, 0.25) is 0 Å². The second-order valence-corrected chi connectivity index (χ2v) is 3.50. The summed E-state index contributed by atoms with van der Waals surface area (Å²) in [4.78, 5) is 10.3. The lowest BCUT2D eigenvalue weighted by Gasteiger charge is -1.94. The number of hydrogen-bond donors (Lipinski definition) is 1. The van der Waals surface area contributed by atoms with E-state index in [1.807, 2.05) is 0 Å². The molecule has 66 valence electrons. The maximum atomic E-state index is 10.3. The Labute approximate surface area is 89.2 Å². The second-order valence-electron chi connectivity index (χ2n) is 2.24. The molecule has 0 radical (unpaired) electrons. The molecule has 1 aromatic carbocycles. The zero-order valence-corrected chi connectivity index (χ0v) is 8.82. The SMILES string of the molecule is NC(=O)C#Cc1ccc(Br)c(Cl)c1. The number of carbonyl (C=O) groups excluding carboxylic acids is 1. The van der Waals surface area contributed by atoms with Gasteiger partial charge in [-0.25, -0.2) is 0 Å². The van der Waals surface area contributed by atoms with E-state index in [9.17, 15) is 4.79 Å². The van der Waals surface area contributed by atoms with Crippen LogP contribution in [0.2, 0.25) is 5.02 Å². The van der Waals surface area contributed by atoms with Gasteiger partial charge >= 0.3 is 0 Å². The largest absolute Gasteiger partial charge is 0.359 e. The number of primary amides is 1.